The van der Waals surface area contributed by atoms with E-state index in [1.165, 1.54) is 11.8 Å². The van der Waals surface area contributed by atoms with Crippen molar-refractivity contribution < 1.29 is 9.59 Å². The van der Waals surface area contributed by atoms with Crippen molar-refractivity contribution in [2.75, 3.05) is 0 Å². The van der Waals surface area contributed by atoms with Crippen molar-refractivity contribution in [3.05, 3.63) is 35.9 Å². The van der Waals surface area contributed by atoms with E-state index in [4.69, 9.17) is 5.73 Å². The van der Waals surface area contributed by atoms with Gasteiger partial charge in [0.2, 0.25) is 5.91 Å². The van der Waals surface area contributed by atoms with Crippen LogP contribution in [0.5, 0.6) is 0 Å². The number of rotatable bonds is 4. The van der Waals surface area contributed by atoms with Crippen molar-refractivity contribution in [2.24, 2.45) is 11.7 Å². The maximum Gasteiger partial charge on any atom is 0.318 e. The molecule has 0 aliphatic heterocycles. The number of primary amides is 1. The Hall–Kier alpha value is -2.08. The summed E-state index contributed by atoms with van der Waals surface area (Å²) in [6, 6.07) is 9.00. The molecule has 0 unspecified atom stereocenters. The van der Waals surface area contributed by atoms with Crippen LogP contribution in [0.1, 0.15) is 19.4 Å². The van der Waals surface area contributed by atoms with Crippen LogP contribution in [0.4, 0.5) is 4.79 Å². The Morgan fingerprint density at radius 3 is 2.59 bits per heavy atom. The Labute approximate surface area is 133 Å². The lowest BCUT2D eigenvalue weighted by molar-refractivity contribution is -0.120. The average molecular weight is 317 g/mol. The van der Waals surface area contributed by atoms with Crippen LogP contribution in [-0.2, 0) is 4.79 Å². The summed E-state index contributed by atoms with van der Waals surface area (Å²) >= 11 is 1.34. The first-order valence-electron chi connectivity index (χ1n) is 7.02. The first-order valence-corrected chi connectivity index (χ1v) is 7.90. The molecule has 0 radical (unpaired) electrons. The lowest BCUT2D eigenvalue weighted by Gasteiger charge is -2.18. The molecule has 116 valence electrons. The van der Waals surface area contributed by atoms with Gasteiger partial charge in [0.05, 0.1) is 15.8 Å². The van der Waals surface area contributed by atoms with Crippen LogP contribution in [0.3, 0.4) is 0 Å². The molecule has 0 bridgehead atoms. The minimum absolute atomic E-state index is 0.0397. The van der Waals surface area contributed by atoms with Gasteiger partial charge < -0.3 is 5.73 Å². The zero-order chi connectivity index (χ0) is 16.3. The molecule has 0 fully saturated rings. The average Bonchev–Trinajstić information content (AvgIpc) is 2.43. The Morgan fingerprint density at radius 2 is 1.95 bits per heavy atom. The number of aromatic nitrogens is 1. The second-order valence-corrected chi connectivity index (χ2v) is 6.59. The molecular formula is C16H19N3O2S. The highest BCUT2D eigenvalue weighted by Gasteiger charge is 2.25. The highest BCUT2D eigenvalue weighted by Crippen LogP contribution is 2.30. The Bertz CT molecular complexity index is 716. The van der Waals surface area contributed by atoms with Gasteiger partial charge in [0.25, 0.3) is 0 Å². The summed E-state index contributed by atoms with van der Waals surface area (Å²) in [4.78, 5) is 27.6. The number of hydrogen-bond donors (Lipinski definition) is 2. The molecular weight excluding hydrogens is 298 g/mol. The Kier molecular flexibility index (Phi) is 5.03. The van der Waals surface area contributed by atoms with E-state index in [9.17, 15) is 9.59 Å². The molecule has 0 saturated carbocycles. The summed E-state index contributed by atoms with van der Waals surface area (Å²) in [5, 5.41) is 3.57. The molecule has 1 atom stereocenters. The number of imide groups is 1. The predicted molar refractivity (Wildman–Crippen MR) is 88.7 cm³/mol. The van der Waals surface area contributed by atoms with Crippen LogP contribution in [0.15, 0.2) is 35.4 Å². The van der Waals surface area contributed by atoms with E-state index in [1.54, 1.807) is 0 Å². The number of hydrogen-bond acceptors (Lipinski definition) is 4. The molecule has 1 heterocycles. The van der Waals surface area contributed by atoms with Crippen LogP contribution in [0.2, 0.25) is 0 Å². The summed E-state index contributed by atoms with van der Waals surface area (Å²) in [6.07, 6.45) is 0. The Morgan fingerprint density at radius 1 is 1.27 bits per heavy atom. The van der Waals surface area contributed by atoms with Gasteiger partial charge in [-0.15, -0.1) is 0 Å². The second kappa shape index (κ2) is 6.79. The van der Waals surface area contributed by atoms with E-state index in [0.29, 0.717) is 0 Å². The van der Waals surface area contributed by atoms with Gasteiger partial charge in [-0.2, -0.15) is 0 Å². The normalized spacial score (nSPS) is 12.4. The van der Waals surface area contributed by atoms with Gasteiger partial charge in [0.15, 0.2) is 0 Å². The number of amides is 3. The van der Waals surface area contributed by atoms with Crippen molar-refractivity contribution in [3.8, 4) is 0 Å². The van der Waals surface area contributed by atoms with Gasteiger partial charge in [-0.3, -0.25) is 10.1 Å². The Balaban J connectivity index is 2.30. The summed E-state index contributed by atoms with van der Waals surface area (Å²) in [5.74, 6) is -0.349. The maximum absolute atomic E-state index is 12.1. The summed E-state index contributed by atoms with van der Waals surface area (Å²) in [5.41, 5.74) is 7.02. The van der Waals surface area contributed by atoms with Crippen molar-refractivity contribution in [1.29, 1.82) is 0 Å². The summed E-state index contributed by atoms with van der Waals surface area (Å²) in [6.45, 7) is 5.86. The molecule has 22 heavy (non-hydrogen) atoms. The van der Waals surface area contributed by atoms with Crippen molar-refractivity contribution in [3.63, 3.8) is 0 Å². The van der Waals surface area contributed by atoms with Gasteiger partial charge >= 0.3 is 6.03 Å². The molecule has 5 nitrogen and oxygen atoms in total. The molecule has 6 heteroatoms. The van der Waals surface area contributed by atoms with Gasteiger partial charge in [0.1, 0.15) is 0 Å². The van der Waals surface area contributed by atoms with E-state index >= 15 is 0 Å². The van der Waals surface area contributed by atoms with Gasteiger partial charge in [0, 0.05) is 5.39 Å². The fourth-order valence-corrected chi connectivity index (χ4v) is 3.29. The topological polar surface area (TPSA) is 85.1 Å². The van der Waals surface area contributed by atoms with Gasteiger partial charge in [-0.25, -0.2) is 9.78 Å². The minimum atomic E-state index is -0.834. The molecule has 2 aromatic rings. The molecule has 3 amide bonds. The number of nitrogens with one attached hydrogen (secondary N) is 1. The number of para-hydroxylation sites is 1. The molecule has 3 N–H and O–H groups in total. The molecule has 0 spiro atoms. The molecule has 2 rings (SSSR count). The fraction of sp³-hybridized carbons (Fsp3) is 0.312. The molecule has 0 aliphatic carbocycles. The van der Waals surface area contributed by atoms with Crippen LogP contribution >= 0.6 is 11.8 Å². The fourth-order valence-electron chi connectivity index (χ4n) is 2.19. The van der Waals surface area contributed by atoms with Crippen molar-refractivity contribution >= 4 is 34.6 Å². The standard InChI is InChI=1S/C16H19N3O2S/c1-9(2)14(15(20)19-16(17)21)22-13-8-10(3)11-6-4-5-7-12(11)18-13/h4-9,14H,1-3H3,(H3,17,19,20,21)/t14-/m1/s1. The SMILES string of the molecule is Cc1cc(S[C@@H](C(=O)NC(N)=O)C(C)C)nc2ccccc12. The zero-order valence-corrected chi connectivity index (χ0v) is 13.6. The zero-order valence-electron chi connectivity index (χ0n) is 12.8. The number of nitrogens with two attached hydrogens (primary N) is 1. The second-order valence-electron chi connectivity index (χ2n) is 5.43. The predicted octanol–water partition coefficient (Wildman–Crippen LogP) is 2.85. The van der Waals surface area contributed by atoms with Crippen molar-refractivity contribution in [1.82, 2.24) is 10.3 Å². The lowest BCUT2D eigenvalue weighted by Crippen LogP contribution is -2.42. The molecule has 1 aromatic heterocycles. The van der Waals surface area contributed by atoms with E-state index in [2.05, 4.69) is 10.3 Å². The molecule has 0 saturated heterocycles. The third kappa shape index (κ3) is 3.76. The number of fused-ring (bicyclic) bond motifs is 1. The summed E-state index contributed by atoms with van der Waals surface area (Å²) < 4.78 is 0. The smallest absolute Gasteiger partial charge is 0.318 e. The van der Waals surface area contributed by atoms with E-state index in [1.807, 2.05) is 51.1 Å². The molecule has 1 aromatic carbocycles. The third-order valence-electron chi connectivity index (χ3n) is 3.26. The third-order valence-corrected chi connectivity index (χ3v) is 4.72. The largest absolute Gasteiger partial charge is 0.351 e. The van der Waals surface area contributed by atoms with Gasteiger partial charge in [-0.05, 0) is 30.5 Å². The lowest BCUT2D eigenvalue weighted by atomic mass is 10.1. The van der Waals surface area contributed by atoms with Crippen LogP contribution in [-0.4, -0.2) is 22.2 Å². The summed E-state index contributed by atoms with van der Waals surface area (Å²) in [7, 11) is 0. The minimum Gasteiger partial charge on any atom is -0.351 e. The van der Waals surface area contributed by atoms with Crippen LogP contribution < -0.4 is 11.1 Å². The number of carbonyl (C=O) groups excluding carboxylic acids is 2. The first-order chi connectivity index (χ1) is 10.4. The number of urea groups is 1. The number of benzene rings is 1. The van der Waals surface area contributed by atoms with Crippen LogP contribution in [0, 0.1) is 12.8 Å². The highest BCUT2D eigenvalue weighted by atomic mass is 32.2. The number of aryl methyl sites for hydroxylation is 1. The number of pyridine rings is 1. The number of thioether (sulfide) groups is 1. The quantitative estimate of drug-likeness (QED) is 0.849. The van der Waals surface area contributed by atoms with E-state index in [0.717, 1.165) is 21.5 Å². The van der Waals surface area contributed by atoms with E-state index in [-0.39, 0.29) is 11.8 Å². The van der Waals surface area contributed by atoms with Gasteiger partial charge in [-0.1, -0.05) is 43.8 Å². The number of carbonyl (C=O) groups is 2. The first kappa shape index (κ1) is 16.3. The van der Waals surface area contributed by atoms with Crippen LogP contribution in [0.25, 0.3) is 10.9 Å². The maximum atomic E-state index is 12.1. The van der Waals surface area contributed by atoms with E-state index < -0.39 is 11.3 Å². The number of nitrogens with zero attached hydrogens (tertiary/aromatic N) is 1. The highest BCUT2D eigenvalue weighted by molar-refractivity contribution is 8.00. The van der Waals surface area contributed by atoms with Crippen molar-refractivity contribution in [2.45, 2.75) is 31.0 Å². The molecule has 0 aliphatic rings. The monoisotopic (exact) mass is 317 g/mol.